The number of primary amides is 1. The molecule has 240 valence electrons. The Morgan fingerprint density at radius 1 is 0.957 bits per heavy atom. The Bertz CT molecular complexity index is 1710. The first-order valence-electron chi connectivity index (χ1n) is 14.9. The number of amides is 3. The van der Waals surface area contributed by atoms with Gasteiger partial charge in [0.2, 0.25) is 17.7 Å². The zero-order valence-corrected chi connectivity index (χ0v) is 26.2. The molecule has 5 rings (SSSR count). The van der Waals surface area contributed by atoms with Crippen LogP contribution in [-0.2, 0) is 14.4 Å². The van der Waals surface area contributed by atoms with Gasteiger partial charge in [-0.15, -0.1) is 0 Å². The molecule has 4 aromatic rings. The Labute approximate surface area is 271 Å². The lowest BCUT2D eigenvalue weighted by molar-refractivity contribution is -0.133. The SMILES string of the molecule is COc1cc2c(Oc3ccc(N(C(=O)C4(C(N)=O)CC4)c4ccc(F)cc4)cc3)ccnc2cc1OCCCCCNC(=O)CS. The average Bonchev–Trinajstić information content (AvgIpc) is 3.88. The number of halogens is 1. The third-order valence-electron chi connectivity index (χ3n) is 7.77. The highest BCUT2D eigenvalue weighted by Crippen LogP contribution is 2.49. The number of anilines is 2. The minimum absolute atomic E-state index is 0.0817. The summed E-state index contributed by atoms with van der Waals surface area (Å²) in [6, 6.07) is 17.6. The van der Waals surface area contributed by atoms with Crippen LogP contribution >= 0.6 is 12.6 Å². The fraction of sp³-hybridized carbons (Fsp3) is 0.294. The van der Waals surface area contributed by atoms with Crippen LogP contribution in [0.25, 0.3) is 10.9 Å². The molecule has 3 aromatic carbocycles. The molecule has 1 aliphatic carbocycles. The normalized spacial score (nSPS) is 13.1. The molecule has 0 radical (unpaired) electrons. The second kappa shape index (κ2) is 14.5. The zero-order valence-electron chi connectivity index (χ0n) is 25.3. The number of pyridine rings is 1. The van der Waals surface area contributed by atoms with Crippen LogP contribution in [0.2, 0.25) is 0 Å². The Balaban J connectivity index is 1.30. The predicted octanol–water partition coefficient (Wildman–Crippen LogP) is 5.70. The van der Waals surface area contributed by atoms with Crippen molar-refractivity contribution >= 4 is 52.6 Å². The molecule has 1 saturated carbocycles. The Morgan fingerprint density at radius 3 is 2.28 bits per heavy atom. The van der Waals surface area contributed by atoms with Gasteiger partial charge in [-0.05, 0) is 92.8 Å². The standard InChI is InChI=1S/C34H35FN4O6S/c1-43-29-19-26-27(20-30(29)44-18-4-2-3-16-38-31(40)21-46)37-17-13-28(26)45-25-11-9-24(10-12-25)39(23-7-5-22(35)6-8-23)33(42)34(14-15-34)32(36)41/h5-13,17,19-20,46H,2-4,14-16,18,21H2,1H3,(H2,36,41)(H,38,40). The Hall–Kier alpha value is -4.84. The molecule has 3 N–H and O–H groups in total. The van der Waals surface area contributed by atoms with Crippen molar-refractivity contribution in [2.75, 3.05) is 30.9 Å². The maximum Gasteiger partial charge on any atom is 0.247 e. The van der Waals surface area contributed by atoms with Crippen molar-refractivity contribution in [3.63, 3.8) is 0 Å². The summed E-state index contributed by atoms with van der Waals surface area (Å²) in [5, 5.41) is 3.50. The number of hydrogen-bond donors (Lipinski definition) is 3. The molecule has 10 nitrogen and oxygen atoms in total. The van der Waals surface area contributed by atoms with Gasteiger partial charge in [0, 0.05) is 35.6 Å². The van der Waals surface area contributed by atoms with Crippen molar-refractivity contribution in [1.29, 1.82) is 0 Å². The first-order chi connectivity index (χ1) is 22.3. The number of nitrogens with one attached hydrogen (secondary N) is 1. The van der Waals surface area contributed by atoms with Crippen molar-refractivity contribution in [2.45, 2.75) is 32.1 Å². The molecule has 1 heterocycles. The molecular formula is C34H35FN4O6S. The minimum atomic E-state index is -1.27. The third-order valence-corrected chi connectivity index (χ3v) is 8.06. The zero-order chi connectivity index (χ0) is 32.7. The number of carbonyl (C=O) groups is 3. The summed E-state index contributed by atoms with van der Waals surface area (Å²) < 4.78 is 31.5. The van der Waals surface area contributed by atoms with Gasteiger partial charge in [0.1, 0.15) is 22.7 Å². The summed E-state index contributed by atoms with van der Waals surface area (Å²) >= 11 is 3.95. The number of aromatic nitrogens is 1. The molecule has 3 amide bonds. The molecule has 0 unspecified atom stereocenters. The molecule has 1 aliphatic rings. The van der Waals surface area contributed by atoms with E-state index in [4.69, 9.17) is 19.9 Å². The number of rotatable bonds is 15. The quantitative estimate of drug-likeness (QED) is 0.0858. The molecule has 46 heavy (non-hydrogen) atoms. The number of nitrogens with zero attached hydrogens (tertiary/aromatic N) is 2. The van der Waals surface area contributed by atoms with Gasteiger partial charge in [-0.1, -0.05) is 0 Å². The maximum atomic E-state index is 13.7. The van der Waals surface area contributed by atoms with E-state index in [-0.39, 0.29) is 11.7 Å². The molecule has 1 aromatic heterocycles. The molecular weight excluding hydrogens is 611 g/mol. The summed E-state index contributed by atoms with van der Waals surface area (Å²) in [6.45, 7) is 1.08. The van der Waals surface area contributed by atoms with Crippen molar-refractivity contribution in [3.8, 4) is 23.0 Å². The van der Waals surface area contributed by atoms with Gasteiger partial charge in [0.25, 0.3) is 0 Å². The number of fused-ring (bicyclic) bond motifs is 1. The highest BCUT2D eigenvalue weighted by Gasteiger charge is 2.57. The van der Waals surface area contributed by atoms with Gasteiger partial charge in [-0.25, -0.2) is 4.39 Å². The number of thiol groups is 1. The number of hydrogen-bond acceptors (Lipinski definition) is 8. The summed E-state index contributed by atoms with van der Waals surface area (Å²) in [5.74, 6) is 0.625. The number of unbranched alkanes of at least 4 members (excludes halogenated alkanes) is 2. The first kappa shape index (κ1) is 32.6. The molecule has 0 atom stereocenters. The van der Waals surface area contributed by atoms with E-state index in [1.807, 2.05) is 6.07 Å². The van der Waals surface area contributed by atoms with Crippen LogP contribution in [0.4, 0.5) is 15.8 Å². The van der Waals surface area contributed by atoms with E-state index in [0.717, 1.165) is 19.3 Å². The molecule has 0 bridgehead atoms. The monoisotopic (exact) mass is 646 g/mol. The largest absolute Gasteiger partial charge is 0.493 e. The minimum Gasteiger partial charge on any atom is -0.493 e. The summed E-state index contributed by atoms with van der Waals surface area (Å²) in [5.41, 5.74) is 5.86. The van der Waals surface area contributed by atoms with Gasteiger partial charge in [0.15, 0.2) is 11.5 Å². The van der Waals surface area contributed by atoms with Gasteiger partial charge >= 0.3 is 0 Å². The summed E-state index contributed by atoms with van der Waals surface area (Å²) in [4.78, 5) is 42.9. The van der Waals surface area contributed by atoms with Crippen molar-refractivity contribution in [3.05, 3.63) is 78.7 Å². The fourth-order valence-corrected chi connectivity index (χ4v) is 5.14. The first-order valence-corrected chi connectivity index (χ1v) is 15.5. The summed E-state index contributed by atoms with van der Waals surface area (Å²) in [6.07, 6.45) is 4.90. The lowest BCUT2D eigenvalue weighted by atomic mass is 10.0. The van der Waals surface area contributed by atoms with Gasteiger partial charge in [0.05, 0.1) is 25.0 Å². The van der Waals surface area contributed by atoms with E-state index in [9.17, 15) is 18.8 Å². The van der Waals surface area contributed by atoms with E-state index in [0.29, 0.717) is 71.3 Å². The van der Waals surface area contributed by atoms with Crippen LogP contribution in [0.15, 0.2) is 72.9 Å². The van der Waals surface area contributed by atoms with Gasteiger partial charge in [-0.3, -0.25) is 24.3 Å². The third kappa shape index (κ3) is 7.34. The van der Waals surface area contributed by atoms with E-state index in [1.54, 1.807) is 49.7 Å². The van der Waals surface area contributed by atoms with Gasteiger partial charge in [-0.2, -0.15) is 12.6 Å². The second-order valence-corrected chi connectivity index (χ2v) is 11.2. The van der Waals surface area contributed by atoms with Crippen LogP contribution in [-0.4, -0.2) is 48.7 Å². The van der Waals surface area contributed by atoms with E-state index in [1.165, 1.54) is 29.2 Å². The lowest BCUT2D eigenvalue weighted by Gasteiger charge is -2.26. The van der Waals surface area contributed by atoms with Crippen LogP contribution in [0, 0.1) is 11.2 Å². The Kier molecular flexibility index (Phi) is 10.3. The summed E-state index contributed by atoms with van der Waals surface area (Å²) in [7, 11) is 1.56. The van der Waals surface area contributed by atoms with Crippen LogP contribution < -0.4 is 30.2 Å². The van der Waals surface area contributed by atoms with Crippen LogP contribution in [0.3, 0.4) is 0 Å². The molecule has 0 saturated heterocycles. The van der Waals surface area contributed by atoms with Crippen molar-refractivity contribution in [2.24, 2.45) is 11.1 Å². The average molecular weight is 647 g/mol. The van der Waals surface area contributed by atoms with E-state index >= 15 is 0 Å². The van der Waals surface area contributed by atoms with Crippen LogP contribution in [0.5, 0.6) is 23.0 Å². The van der Waals surface area contributed by atoms with Crippen LogP contribution in [0.1, 0.15) is 32.1 Å². The Morgan fingerprint density at radius 2 is 1.65 bits per heavy atom. The molecule has 1 fully saturated rings. The number of methoxy groups -OCH3 is 1. The maximum absolute atomic E-state index is 13.7. The molecule has 12 heteroatoms. The smallest absolute Gasteiger partial charge is 0.247 e. The van der Waals surface area contributed by atoms with Gasteiger partial charge < -0.3 is 25.3 Å². The predicted molar refractivity (Wildman–Crippen MR) is 175 cm³/mol. The van der Waals surface area contributed by atoms with E-state index in [2.05, 4.69) is 22.9 Å². The number of benzene rings is 3. The highest BCUT2D eigenvalue weighted by atomic mass is 32.1. The number of nitrogens with two attached hydrogens (primary N) is 1. The second-order valence-electron chi connectivity index (χ2n) is 10.9. The molecule has 0 spiro atoms. The number of carbonyl (C=O) groups excluding carboxylic acids is 3. The van der Waals surface area contributed by atoms with Crippen molar-refractivity contribution in [1.82, 2.24) is 10.3 Å². The van der Waals surface area contributed by atoms with Crippen molar-refractivity contribution < 1.29 is 33.0 Å². The number of ether oxygens (including phenoxy) is 3. The fourth-order valence-electron chi connectivity index (χ4n) is 5.03. The lowest BCUT2D eigenvalue weighted by Crippen LogP contribution is -2.41. The molecule has 0 aliphatic heterocycles. The topological polar surface area (TPSA) is 133 Å². The highest BCUT2D eigenvalue weighted by molar-refractivity contribution is 7.81. The van der Waals surface area contributed by atoms with E-state index < -0.39 is 23.0 Å².